The van der Waals surface area contributed by atoms with Crippen LogP contribution in [0.25, 0.3) is 0 Å². The van der Waals surface area contributed by atoms with E-state index < -0.39 is 32.7 Å². The molecule has 1 rings (SSSR count). The Balaban J connectivity index is 3.00. The number of halogens is 2. The summed E-state index contributed by atoms with van der Waals surface area (Å²) in [6.07, 6.45) is -1.05. The summed E-state index contributed by atoms with van der Waals surface area (Å²) in [4.78, 5) is -0.764. The molecule has 5 nitrogen and oxygen atoms in total. The van der Waals surface area contributed by atoms with Crippen LogP contribution in [0, 0.1) is 11.6 Å². The van der Waals surface area contributed by atoms with Gasteiger partial charge < -0.3 is 9.84 Å². The van der Waals surface area contributed by atoms with Crippen molar-refractivity contribution in [2.24, 2.45) is 0 Å². The highest BCUT2D eigenvalue weighted by atomic mass is 32.2. The first-order valence-electron chi connectivity index (χ1n) is 5.37. The average molecular weight is 295 g/mol. The van der Waals surface area contributed by atoms with E-state index in [1.54, 1.807) is 0 Å². The number of aliphatic hydroxyl groups excluding tert-OH is 1. The number of nitrogens with zero attached hydrogens (tertiary/aromatic N) is 1. The zero-order chi connectivity index (χ0) is 14.6. The zero-order valence-corrected chi connectivity index (χ0v) is 11.3. The Bertz CT molecular complexity index is 535. The van der Waals surface area contributed by atoms with Crippen molar-refractivity contribution < 1.29 is 27.0 Å². The molecule has 1 N–H and O–H groups in total. The Morgan fingerprint density at radius 1 is 1.42 bits per heavy atom. The number of rotatable bonds is 6. The van der Waals surface area contributed by atoms with Crippen LogP contribution in [-0.4, -0.2) is 51.2 Å². The third-order valence-corrected chi connectivity index (χ3v) is 4.25. The van der Waals surface area contributed by atoms with Gasteiger partial charge in [0.05, 0.1) is 12.7 Å². The number of ether oxygens (including phenoxy) is 1. The first kappa shape index (κ1) is 16.0. The molecule has 0 aromatic heterocycles. The summed E-state index contributed by atoms with van der Waals surface area (Å²) in [6.45, 7) is -0.350. The Kier molecular flexibility index (Phi) is 5.36. The predicted octanol–water partition coefficient (Wildman–Crippen LogP) is 0.593. The van der Waals surface area contributed by atoms with Crippen molar-refractivity contribution in [3.05, 3.63) is 29.8 Å². The van der Waals surface area contributed by atoms with Gasteiger partial charge in [0, 0.05) is 20.7 Å². The smallest absolute Gasteiger partial charge is 0.245 e. The molecule has 0 saturated heterocycles. The van der Waals surface area contributed by atoms with Crippen molar-refractivity contribution >= 4 is 10.0 Å². The zero-order valence-electron chi connectivity index (χ0n) is 10.5. The molecule has 8 heteroatoms. The van der Waals surface area contributed by atoms with Gasteiger partial charge in [-0.1, -0.05) is 0 Å². The highest BCUT2D eigenvalue weighted by Crippen LogP contribution is 2.19. The third-order valence-electron chi connectivity index (χ3n) is 2.41. The number of aliphatic hydroxyl groups is 1. The molecule has 0 aliphatic rings. The van der Waals surface area contributed by atoms with Crippen molar-refractivity contribution in [3.63, 3.8) is 0 Å². The maximum Gasteiger partial charge on any atom is 0.245 e. The molecule has 0 spiro atoms. The lowest BCUT2D eigenvalue weighted by Crippen LogP contribution is -2.36. The summed E-state index contributed by atoms with van der Waals surface area (Å²) in [7, 11) is -1.69. The molecular formula is C11H15F2NO4S. The van der Waals surface area contributed by atoms with E-state index in [-0.39, 0.29) is 13.2 Å². The summed E-state index contributed by atoms with van der Waals surface area (Å²) < 4.78 is 55.9. The fourth-order valence-electron chi connectivity index (χ4n) is 1.48. The lowest BCUT2D eigenvalue weighted by atomic mass is 10.3. The Labute approximate surface area is 110 Å². The topological polar surface area (TPSA) is 66.8 Å². The molecule has 1 aromatic rings. The highest BCUT2D eigenvalue weighted by molar-refractivity contribution is 7.89. The number of hydrogen-bond acceptors (Lipinski definition) is 4. The van der Waals surface area contributed by atoms with E-state index in [0.29, 0.717) is 6.07 Å². The van der Waals surface area contributed by atoms with E-state index in [9.17, 15) is 22.3 Å². The van der Waals surface area contributed by atoms with E-state index in [4.69, 9.17) is 0 Å². The van der Waals surface area contributed by atoms with Gasteiger partial charge in [-0.25, -0.2) is 17.2 Å². The van der Waals surface area contributed by atoms with Crippen LogP contribution in [0.5, 0.6) is 0 Å². The number of methoxy groups -OCH3 is 1. The summed E-state index contributed by atoms with van der Waals surface area (Å²) in [5, 5.41) is 9.45. The Morgan fingerprint density at radius 2 is 2.05 bits per heavy atom. The molecule has 19 heavy (non-hydrogen) atoms. The van der Waals surface area contributed by atoms with Crippen LogP contribution >= 0.6 is 0 Å². The van der Waals surface area contributed by atoms with Crippen LogP contribution in [0.4, 0.5) is 8.78 Å². The first-order valence-corrected chi connectivity index (χ1v) is 6.81. The largest absolute Gasteiger partial charge is 0.389 e. The highest BCUT2D eigenvalue weighted by Gasteiger charge is 2.26. The number of hydrogen-bond donors (Lipinski definition) is 1. The molecule has 0 radical (unpaired) electrons. The fraction of sp³-hybridized carbons (Fsp3) is 0.455. The standard InChI is InChI=1S/C11H15F2NO4S/c1-14(6-9(15)7-18-2)19(16,17)11-5-8(12)3-4-10(11)13/h3-5,9,15H,6-7H2,1-2H3. The van der Waals surface area contributed by atoms with Crippen LogP contribution in [0.1, 0.15) is 0 Å². The second kappa shape index (κ2) is 6.38. The molecule has 0 bridgehead atoms. The SMILES string of the molecule is COCC(O)CN(C)S(=O)(=O)c1cc(F)ccc1F. The van der Waals surface area contributed by atoms with Gasteiger partial charge in [0.15, 0.2) is 0 Å². The van der Waals surface area contributed by atoms with E-state index in [1.165, 1.54) is 14.2 Å². The van der Waals surface area contributed by atoms with Crippen LogP contribution in [-0.2, 0) is 14.8 Å². The molecule has 0 saturated carbocycles. The molecule has 0 heterocycles. The molecule has 0 fully saturated rings. The molecule has 108 valence electrons. The predicted molar refractivity (Wildman–Crippen MR) is 64.1 cm³/mol. The van der Waals surface area contributed by atoms with Gasteiger partial charge in [-0.05, 0) is 18.2 Å². The van der Waals surface area contributed by atoms with Crippen LogP contribution in [0.15, 0.2) is 23.1 Å². The lowest BCUT2D eigenvalue weighted by molar-refractivity contribution is 0.0554. The van der Waals surface area contributed by atoms with Crippen LogP contribution in [0.2, 0.25) is 0 Å². The minimum absolute atomic E-state index is 0.0640. The van der Waals surface area contributed by atoms with E-state index in [1.807, 2.05) is 0 Å². The lowest BCUT2D eigenvalue weighted by Gasteiger charge is -2.20. The molecular weight excluding hydrogens is 280 g/mol. The van der Waals surface area contributed by atoms with Crippen molar-refractivity contribution in [2.45, 2.75) is 11.0 Å². The molecule has 0 aliphatic heterocycles. The average Bonchev–Trinajstić information content (AvgIpc) is 2.32. The Morgan fingerprint density at radius 3 is 2.63 bits per heavy atom. The van der Waals surface area contributed by atoms with Gasteiger partial charge in [0.2, 0.25) is 10.0 Å². The molecule has 0 aliphatic carbocycles. The summed E-state index contributed by atoms with van der Waals surface area (Å²) in [5.41, 5.74) is 0. The molecule has 1 atom stereocenters. The van der Waals surface area contributed by atoms with Gasteiger partial charge in [-0.3, -0.25) is 0 Å². The fourth-order valence-corrected chi connectivity index (χ4v) is 2.76. The van der Waals surface area contributed by atoms with Crippen molar-refractivity contribution in [1.82, 2.24) is 4.31 Å². The minimum atomic E-state index is -4.20. The van der Waals surface area contributed by atoms with Crippen molar-refractivity contribution in [3.8, 4) is 0 Å². The summed E-state index contributed by atoms with van der Waals surface area (Å²) in [5.74, 6) is -1.90. The Hall–Kier alpha value is -1.09. The van der Waals surface area contributed by atoms with Crippen LogP contribution < -0.4 is 0 Å². The summed E-state index contributed by atoms with van der Waals surface area (Å²) in [6, 6.07) is 2.17. The maximum absolute atomic E-state index is 13.5. The molecule has 1 aromatic carbocycles. The van der Waals surface area contributed by atoms with E-state index in [0.717, 1.165) is 16.4 Å². The second-order valence-corrected chi connectivity index (χ2v) is 5.98. The number of likely N-dealkylation sites (N-methyl/N-ethyl adjacent to an activating group) is 1. The second-order valence-electron chi connectivity index (χ2n) is 3.97. The minimum Gasteiger partial charge on any atom is -0.389 e. The van der Waals surface area contributed by atoms with Gasteiger partial charge in [-0.2, -0.15) is 4.31 Å². The quantitative estimate of drug-likeness (QED) is 0.834. The van der Waals surface area contributed by atoms with Crippen molar-refractivity contribution in [1.29, 1.82) is 0 Å². The number of benzene rings is 1. The van der Waals surface area contributed by atoms with Gasteiger partial charge in [0.1, 0.15) is 16.5 Å². The molecule has 1 unspecified atom stereocenters. The monoisotopic (exact) mass is 295 g/mol. The van der Waals surface area contributed by atoms with Crippen LogP contribution in [0.3, 0.4) is 0 Å². The third kappa shape index (κ3) is 3.93. The van der Waals surface area contributed by atoms with E-state index >= 15 is 0 Å². The molecule has 0 amide bonds. The van der Waals surface area contributed by atoms with Crippen molar-refractivity contribution in [2.75, 3.05) is 27.3 Å². The number of sulfonamides is 1. The normalized spacial score (nSPS) is 13.8. The van der Waals surface area contributed by atoms with Gasteiger partial charge in [-0.15, -0.1) is 0 Å². The van der Waals surface area contributed by atoms with E-state index in [2.05, 4.69) is 4.74 Å². The van der Waals surface area contributed by atoms with Gasteiger partial charge >= 0.3 is 0 Å². The first-order chi connectivity index (χ1) is 8.78. The summed E-state index contributed by atoms with van der Waals surface area (Å²) >= 11 is 0. The van der Waals surface area contributed by atoms with Gasteiger partial charge in [0.25, 0.3) is 0 Å². The maximum atomic E-state index is 13.5.